The third-order valence-electron chi connectivity index (χ3n) is 2.84. The number of hydrogen-bond donors (Lipinski definition) is 0. The third-order valence-corrected chi connectivity index (χ3v) is 2.84. The summed E-state index contributed by atoms with van der Waals surface area (Å²) in [6.45, 7) is 3.72. The molecule has 0 aliphatic carbocycles. The zero-order valence-electron chi connectivity index (χ0n) is 10.7. The number of benzene rings is 1. The Labute approximate surface area is 114 Å². The van der Waals surface area contributed by atoms with Gasteiger partial charge in [0, 0.05) is 11.8 Å². The number of aromatic nitrogens is 1. The van der Waals surface area contributed by atoms with Gasteiger partial charge in [0.25, 0.3) is 0 Å². The van der Waals surface area contributed by atoms with E-state index in [9.17, 15) is 13.2 Å². The second-order valence-electron chi connectivity index (χ2n) is 4.10. The molecule has 0 saturated carbocycles. The molecule has 0 spiro atoms. The second kappa shape index (κ2) is 5.36. The summed E-state index contributed by atoms with van der Waals surface area (Å²) in [5.41, 5.74) is -0.165. The number of pyridine rings is 1. The van der Waals surface area contributed by atoms with E-state index < -0.39 is 11.7 Å². The molecule has 0 fully saturated rings. The lowest BCUT2D eigenvalue weighted by molar-refractivity contribution is -0.138. The van der Waals surface area contributed by atoms with Gasteiger partial charge in [-0.25, -0.2) is 0 Å². The maximum Gasteiger partial charge on any atom is 0.418 e. The molecule has 0 atom stereocenters. The van der Waals surface area contributed by atoms with Crippen LogP contribution in [0.4, 0.5) is 13.2 Å². The highest BCUT2D eigenvalue weighted by atomic mass is 19.4. The maximum atomic E-state index is 12.9. The Morgan fingerprint density at radius 2 is 1.80 bits per heavy atom. The smallest absolute Gasteiger partial charge is 0.418 e. The van der Waals surface area contributed by atoms with E-state index in [4.69, 9.17) is 4.74 Å². The average Bonchev–Trinajstić information content (AvgIpc) is 2.46. The third kappa shape index (κ3) is 2.82. The Morgan fingerprint density at radius 1 is 1.15 bits per heavy atom. The lowest BCUT2D eigenvalue weighted by atomic mass is 10.00. The van der Waals surface area contributed by atoms with Crippen LogP contribution in [0.5, 0.6) is 5.75 Å². The first-order chi connectivity index (χ1) is 9.43. The second-order valence-corrected chi connectivity index (χ2v) is 4.10. The van der Waals surface area contributed by atoms with Crippen LogP contribution in [0.15, 0.2) is 49.2 Å². The van der Waals surface area contributed by atoms with Gasteiger partial charge in [-0.05, 0) is 29.8 Å². The van der Waals surface area contributed by atoms with Gasteiger partial charge in [0.15, 0.2) is 0 Å². The molecule has 5 heteroatoms. The molecule has 104 valence electrons. The van der Waals surface area contributed by atoms with Crippen molar-refractivity contribution < 1.29 is 17.9 Å². The maximum absolute atomic E-state index is 12.9. The molecular weight excluding hydrogens is 267 g/mol. The molecule has 2 nitrogen and oxygen atoms in total. The van der Waals surface area contributed by atoms with Crippen molar-refractivity contribution in [3.8, 4) is 5.75 Å². The van der Waals surface area contributed by atoms with Crippen LogP contribution in [-0.2, 0) is 6.18 Å². The van der Waals surface area contributed by atoms with E-state index >= 15 is 0 Å². The van der Waals surface area contributed by atoms with Crippen LogP contribution < -0.4 is 4.74 Å². The zero-order valence-corrected chi connectivity index (χ0v) is 10.7. The molecule has 1 aromatic carbocycles. The Balaban J connectivity index is 2.43. The molecule has 0 radical (unpaired) electrons. The fourth-order valence-electron chi connectivity index (χ4n) is 1.80. The monoisotopic (exact) mass is 279 g/mol. The van der Waals surface area contributed by atoms with Gasteiger partial charge in [-0.3, -0.25) is 4.98 Å². The van der Waals surface area contributed by atoms with Gasteiger partial charge in [0.05, 0.1) is 18.4 Å². The van der Waals surface area contributed by atoms with Crippen molar-refractivity contribution in [2.24, 2.45) is 0 Å². The van der Waals surface area contributed by atoms with Gasteiger partial charge < -0.3 is 4.74 Å². The van der Waals surface area contributed by atoms with Crippen LogP contribution in [0, 0.1) is 0 Å². The van der Waals surface area contributed by atoms with E-state index in [1.54, 1.807) is 24.3 Å². The first-order valence-electron chi connectivity index (χ1n) is 5.79. The Bertz CT molecular complexity index is 618. The molecular formula is C15H12F3NO. The van der Waals surface area contributed by atoms with Crippen molar-refractivity contribution in [2.75, 3.05) is 7.11 Å². The van der Waals surface area contributed by atoms with Crippen LogP contribution in [0.2, 0.25) is 0 Å². The van der Waals surface area contributed by atoms with Crippen molar-refractivity contribution in [1.82, 2.24) is 4.98 Å². The highest BCUT2D eigenvalue weighted by Crippen LogP contribution is 2.35. The molecule has 0 saturated heterocycles. The molecule has 2 aromatic rings. The number of ether oxygens (including phenoxy) is 1. The number of rotatable bonds is 3. The topological polar surface area (TPSA) is 22.1 Å². The standard InChI is InChI=1S/C15H12F3NO/c1-10(11-5-7-12(20-2)8-6-11)14-13(15(16,17)18)4-3-9-19-14/h3-9H,1H2,2H3. The van der Waals surface area contributed by atoms with E-state index in [-0.39, 0.29) is 11.3 Å². The van der Waals surface area contributed by atoms with Gasteiger partial charge >= 0.3 is 6.18 Å². The number of halogens is 3. The van der Waals surface area contributed by atoms with Crippen molar-refractivity contribution in [1.29, 1.82) is 0 Å². The summed E-state index contributed by atoms with van der Waals surface area (Å²) < 4.78 is 43.8. The fraction of sp³-hybridized carbons (Fsp3) is 0.133. The minimum absolute atomic E-state index is 0.162. The van der Waals surface area contributed by atoms with Crippen LogP contribution in [0.25, 0.3) is 5.57 Å². The first-order valence-corrected chi connectivity index (χ1v) is 5.79. The number of methoxy groups -OCH3 is 1. The van der Waals surface area contributed by atoms with Crippen LogP contribution in [0.1, 0.15) is 16.8 Å². The minimum atomic E-state index is -4.46. The van der Waals surface area contributed by atoms with Crippen LogP contribution in [-0.4, -0.2) is 12.1 Å². The van der Waals surface area contributed by atoms with Gasteiger partial charge in [-0.2, -0.15) is 13.2 Å². The summed E-state index contributed by atoms with van der Waals surface area (Å²) in [5, 5.41) is 0. The summed E-state index contributed by atoms with van der Waals surface area (Å²) in [6.07, 6.45) is -3.14. The van der Waals surface area contributed by atoms with Crippen molar-refractivity contribution in [2.45, 2.75) is 6.18 Å². The van der Waals surface area contributed by atoms with Crippen molar-refractivity contribution in [3.63, 3.8) is 0 Å². The molecule has 0 amide bonds. The molecule has 1 aromatic heterocycles. The minimum Gasteiger partial charge on any atom is -0.497 e. The Morgan fingerprint density at radius 3 is 2.35 bits per heavy atom. The quantitative estimate of drug-likeness (QED) is 0.841. The van der Waals surface area contributed by atoms with E-state index in [0.717, 1.165) is 6.07 Å². The predicted molar refractivity (Wildman–Crippen MR) is 70.4 cm³/mol. The molecule has 0 bridgehead atoms. The molecule has 2 rings (SSSR count). The Kier molecular flexibility index (Phi) is 3.79. The summed E-state index contributed by atoms with van der Waals surface area (Å²) >= 11 is 0. The predicted octanol–water partition coefficient (Wildman–Crippen LogP) is 4.17. The van der Waals surface area contributed by atoms with Gasteiger partial charge in [-0.1, -0.05) is 18.7 Å². The molecule has 0 aliphatic rings. The lowest BCUT2D eigenvalue weighted by Gasteiger charge is -2.13. The van der Waals surface area contributed by atoms with Gasteiger partial charge in [0.1, 0.15) is 5.75 Å². The zero-order chi connectivity index (χ0) is 14.8. The highest BCUT2D eigenvalue weighted by Gasteiger charge is 2.34. The fourth-order valence-corrected chi connectivity index (χ4v) is 1.80. The van der Waals surface area contributed by atoms with Crippen LogP contribution >= 0.6 is 0 Å². The van der Waals surface area contributed by atoms with E-state index in [2.05, 4.69) is 11.6 Å². The molecule has 20 heavy (non-hydrogen) atoms. The van der Waals surface area contributed by atoms with Gasteiger partial charge in [0.2, 0.25) is 0 Å². The van der Waals surface area contributed by atoms with E-state index in [0.29, 0.717) is 11.3 Å². The van der Waals surface area contributed by atoms with Crippen molar-refractivity contribution in [3.05, 3.63) is 66.0 Å². The number of nitrogens with zero attached hydrogens (tertiary/aromatic N) is 1. The Hall–Kier alpha value is -2.30. The average molecular weight is 279 g/mol. The summed E-state index contributed by atoms with van der Waals surface area (Å²) in [7, 11) is 1.52. The summed E-state index contributed by atoms with van der Waals surface area (Å²) in [6, 6.07) is 8.88. The lowest BCUT2D eigenvalue weighted by Crippen LogP contribution is -2.10. The van der Waals surface area contributed by atoms with E-state index in [1.807, 2.05) is 0 Å². The largest absolute Gasteiger partial charge is 0.497 e. The molecule has 0 N–H and O–H groups in total. The van der Waals surface area contributed by atoms with Crippen LogP contribution in [0.3, 0.4) is 0 Å². The normalized spacial score (nSPS) is 11.2. The number of alkyl halides is 3. The number of hydrogen-bond acceptors (Lipinski definition) is 2. The SMILES string of the molecule is C=C(c1ccc(OC)cc1)c1ncccc1C(F)(F)F. The summed E-state index contributed by atoms with van der Waals surface area (Å²) in [5.74, 6) is 0.624. The molecule has 0 unspecified atom stereocenters. The van der Waals surface area contributed by atoms with Crippen molar-refractivity contribution >= 4 is 5.57 Å². The molecule has 1 heterocycles. The highest BCUT2D eigenvalue weighted by molar-refractivity contribution is 5.78. The molecule has 0 aliphatic heterocycles. The summed E-state index contributed by atoms with van der Waals surface area (Å²) in [4.78, 5) is 3.81. The van der Waals surface area contributed by atoms with E-state index in [1.165, 1.54) is 19.4 Å². The van der Waals surface area contributed by atoms with Gasteiger partial charge in [-0.15, -0.1) is 0 Å². The first kappa shape index (κ1) is 14.1.